The van der Waals surface area contributed by atoms with E-state index in [0.29, 0.717) is 18.6 Å². The molecule has 6 heteroatoms. The van der Waals surface area contributed by atoms with Gasteiger partial charge >= 0.3 is 0 Å². The number of nitrogens with zero attached hydrogens (tertiary/aromatic N) is 4. The summed E-state index contributed by atoms with van der Waals surface area (Å²) in [7, 11) is 0. The Hall–Kier alpha value is -1.50. The van der Waals surface area contributed by atoms with Gasteiger partial charge in [-0.3, -0.25) is 9.80 Å². The minimum absolute atomic E-state index is 0.351. The molecule has 1 atom stereocenters. The van der Waals surface area contributed by atoms with Crippen LogP contribution in [0.5, 0.6) is 0 Å². The van der Waals surface area contributed by atoms with Crippen molar-refractivity contribution in [3.63, 3.8) is 0 Å². The lowest BCUT2D eigenvalue weighted by atomic mass is 9.94. The molecular weight excluding hydrogens is 304 g/mol. The van der Waals surface area contributed by atoms with E-state index in [1.807, 2.05) is 6.07 Å². The van der Waals surface area contributed by atoms with Gasteiger partial charge in [-0.1, -0.05) is 6.07 Å². The van der Waals surface area contributed by atoms with E-state index in [-0.39, 0.29) is 0 Å². The molecule has 3 heterocycles. The van der Waals surface area contributed by atoms with Gasteiger partial charge in [-0.15, -0.1) is 0 Å². The second-order valence-electron chi connectivity index (χ2n) is 7.28. The second kappa shape index (κ2) is 7.17. The van der Waals surface area contributed by atoms with Gasteiger partial charge in [0.2, 0.25) is 0 Å². The Labute approximate surface area is 142 Å². The highest BCUT2D eigenvalue weighted by Crippen LogP contribution is 2.24. The fourth-order valence-electron chi connectivity index (χ4n) is 4.16. The number of likely N-dealkylation sites (tertiary alicyclic amines) is 2. The van der Waals surface area contributed by atoms with Crippen LogP contribution < -0.4 is 0 Å². The molecule has 24 heavy (non-hydrogen) atoms. The van der Waals surface area contributed by atoms with E-state index in [1.54, 1.807) is 0 Å². The van der Waals surface area contributed by atoms with Crippen LogP contribution in [-0.4, -0.2) is 64.0 Å². The van der Waals surface area contributed by atoms with Gasteiger partial charge in [0.05, 0.1) is 0 Å². The first-order chi connectivity index (χ1) is 11.8. The largest absolute Gasteiger partial charge is 0.396 e. The van der Waals surface area contributed by atoms with Crippen LogP contribution in [0.1, 0.15) is 31.2 Å². The van der Waals surface area contributed by atoms with Crippen molar-refractivity contribution < 1.29 is 9.74 Å². The molecule has 2 aliphatic heterocycles. The van der Waals surface area contributed by atoms with Crippen LogP contribution in [0.25, 0.3) is 11.0 Å². The zero-order valence-electron chi connectivity index (χ0n) is 14.1. The van der Waals surface area contributed by atoms with Crippen molar-refractivity contribution in [1.82, 2.24) is 20.1 Å². The zero-order valence-corrected chi connectivity index (χ0v) is 14.1. The number of hydrogen-bond donors (Lipinski definition) is 1. The van der Waals surface area contributed by atoms with E-state index < -0.39 is 0 Å². The molecule has 2 fully saturated rings. The highest BCUT2D eigenvalue weighted by atomic mass is 16.6. The van der Waals surface area contributed by atoms with E-state index in [0.717, 1.165) is 50.1 Å². The molecule has 0 aliphatic carbocycles. The highest BCUT2D eigenvalue weighted by Gasteiger charge is 2.28. The van der Waals surface area contributed by atoms with Crippen molar-refractivity contribution in [2.24, 2.45) is 5.92 Å². The third-order valence-electron chi connectivity index (χ3n) is 5.63. The van der Waals surface area contributed by atoms with Crippen molar-refractivity contribution in [2.45, 2.75) is 38.3 Å². The molecule has 1 aromatic heterocycles. The van der Waals surface area contributed by atoms with Gasteiger partial charge in [-0.2, -0.15) is 0 Å². The Bertz CT molecular complexity index is 666. The summed E-state index contributed by atoms with van der Waals surface area (Å²) in [6.07, 6.45) is 4.84. The number of aromatic nitrogens is 2. The minimum atomic E-state index is 0.351. The van der Waals surface area contributed by atoms with Crippen molar-refractivity contribution in [3.05, 3.63) is 23.8 Å². The van der Waals surface area contributed by atoms with Crippen LogP contribution in [0.2, 0.25) is 0 Å². The average Bonchev–Trinajstić information content (AvgIpc) is 3.10. The fourth-order valence-corrected chi connectivity index (χ4v) is 4.16. The summed E-state index contributed by atoms with van der Waals surface area (Å²) < 4.78 is 4.79. The minimum Gasteiger partial charge on any atom is -0.396 e. The molecule has 0 radical (unpaired) electrons. The van der Waals surface area contributed by atoms with Gasteiger partial charge in [0.25, 0.3) is 0 Å². The van der Waals surface area contributed by atoms with Gasteiger partial charge < -0.3 is 5.11 Å². The first-order valence-corrected chi connectivity index (χ1v) is 9.10. The van der Waals surface area contributed by atoms with Gasteiger partial charge in [-0.25, -0.2) is 4.63 Å². The molecule has 1 aromatic carbocycles. The standard InChI is InChI=1S/C18H26N4O2/c23-13-14-5-8-22(9-6-14)16-2-1-7-21(12-16)11-15-3-4-17-18(10-15)20-24-19-17/h3-4,10,14,16,23H,1-2,5-9,11-13H2. The number of aliphatic hydroxyl groups is 1. The number of rotatable bonds is 4. The van der Waals surface area contributed by atoms with Crippen molar-refractivity contribution in [1.29, 1.82) is 0 Å². The molecule has 6 nitrogen and oxygen atoms in total. The lowest BCUT2D eigenvalue weighted by Crippen LogP contribution is -2.50. The number of hydrogen-bond acceptors (Lipinski definition) is 6. The Morgan fingerprint density at radius 2 is 1.92 bits per heavy atom. The Morgan fingerprint density at radius 1 is 1.08 bits per heavy atom. The molecule has 2 saturated heterocycles. The van der Waals surface area contributed by atoms with Crippen LogP contribution in [0.4, 0.5) is 0 Å². The monoisotopic (exact) mass is 330 g/mol. The summed E-state index contributed by atoms with van der Waals surface area (Å²) in [5, 5.41) is 17.1. The van der Waals surface area contributed by atoms with E-state index >= 15 is 0 Å². The van der Waals surface area contributed by atoms with Crippen molar-refractivity contribution in [2.75, 3.05) is 32.8 Å². The van der Waals surface area contributed by atoms with Gasteiger partial charge in [0.1, 0.15) is 11.0 Å². The quantitative estimate of drug-likeness (QED) is 0.923. The van der Waals surface area contributed by atoms with Gasteiger partial charge in [0, 0.05) is 25.7 Å². The maximum absolute atomic E-state index is 9.31. The number of benzene rings is 1. The zero-order chi connectivity index (χ0) is 16.4. The first kappa shape index (κ1) is 16.0. The summed E-state index contributed by atoms with van der Waals surface area (Å²) in [6.45, 7) is 5.90. The van der Waals surface area contributed by atoms with Gasteiger partial charge in [0.15, 0.2) is 0 Å². The lowest BCUT2D eigenvalue weighted by molar-refractivity contribution is 0.0544. The Kier molecular flexibility index (Phi) is 4.78. The molecule has 1 N–H and O–H groups in total. The SMILES string of the molecule is OCC1CCN(C2CCCN(Cc3ccc4nonc4c3)C2)CC1. The van der Waals surface area contributed by atoms with Crippen LogP contribution in [0, 0.1) is 5.92 Å². The van der Waals surface area contributed by atoms with Crippen LogP contribution >= 0.6 is 0 Å². The van der Waals surface area contributed by atoms with E-state index in [2.05, 4.69) is 32.2 Å². The van der Waals surface area contributed by atoms with E-state index in [9.17, 15) is 5.11 Å². The topological polar surface area (TPSA) is 65.6 Å². The molecule has 2 aromatic rings. The van der Waals surface area contributed by atoms with Crippen molar-refractivity contribution in [3.8, 4) is 0 Å². The summed E-state index contributed by atoms with van der Waals surface area (Å²) in [5.41, 5.74) is 2.94. The molecule has 0 spiro atoms. The molecule has 0 bridgehead atoms. The lowest BCUT2D eigenvalue weighted by Gasteiger charge is -2.42. The van der Waals surface area contributed by atoms with Crippen molar-refractivity contribution >= 4 is 11.0 Å². The number of fused-ring (bicyclic) bond motifs is 1. The number of piperidine rings is 2. The highest BCUT2D eigenvalue weighted by molar-refractivity contribution is 5.73. The maximum Gasteiger partial charge on any atom is 0.135 e. The summed E-state index contributed by atoms with van der Waals surface area (Å²) in [5.74, 6) is 0.517. The molecular formula is C18H26N4O2. The second-order valence-corrected chi connectivity index (χ2v) is 7.28. The first-order valence-electron chi connectivity index (χ1n) is 9.10. The summed E-state index contributed by atoms with van der Waals surface area (Å²) in [4.78, 5) is 5.20. The molecule has 4 rings (SSSR count). The average molecular weight is 330 g/mol. The third kappa shape index (κ3) is 3.45. The predicted molar refractivity (Wildman–Crippen MR) is 91.5 cm³/mol. The number of aliphatic hydroxyl groups excluding tert-OH is 1. The van der Waals surface area contributed by atoms with E-state index in [4.69, 9.17) is 4.63 Å². The molecule has 0 saturated carbocycles. The van der Waals surface area contributed by atoms with Gasteiger partial charge in [-0.05, 0) is 79.2 Å². The maximum atomic E-state index is 9.31. The van der Waals surface area contributed by atoms with E-state index in [1.165, 1.54) is 24.9 Å². The molecule has 1 unspecified atom stereocenters. The Morgan fingerprint density at radius 3 is 2.75 bits per heavy atom. The summed E-state index contributed by atoms with van der Waals surface area (Å²) >= 11 is 0. The third-order valence-corrected chi connectivity index (χ3v) is 5.63. The van der Waals surface area contributed by atoms with Crippen LogP contribution in [0.15, 0.2) is 22.8 Å². The molecule has 2 aliphatic rings. The fraction of sp³-hybridized carbons (Fsp3) is 0.667. The molecule has 0 amide bonds. The normalized spacial score (nSPS) is 24.6. The predicted octanol–water partition coefficient (Wildman–Crippen LogP) is 1.89. The van der Waals surface area contributed by atoms with Crippen LogP contribution in [-0.2, 0) is 6.54 Å². The molecule has 130 valence electrons. The summed E-state index contributed by atoms with van der Waals surface area (Å²) in [6, 6.07) is 6.86. The van der Waals surface area contributed by atoms with Crippen LogP contribution in [0.3, 0.4) is 0 Å². The Balaban J connectivity index is 1.36. The smallest absolute Gasteiger partial charge is 0.135 e.